The molecule has 0 unspecified atom stereocenters. The lowest BCUT2D eigenvalue weighted by Crippen LogP contribution is -2.48. The number of anilines is 1. The summed E-state index contributed by atoms with van der Waals surface area (Å²) in [5.41, 5.74) is 2.26. The summed E-state index contributed by atoms with van der Waals surface area (Å²) in [6.45, 7) is 2.25. The van der Waals surface area contributed by atoms with E-state index in [2.05, 4.69) is 32.0 Å². The van der Waals surface area contributed by atoms with Crippen molar-refractivity contribution in [2.75, 3.05) is 37.3 Å². The number of benzene rings is 2. The fourth-order valence-electron chi connectivity index (χ4n) is 3.19. The zero-order valence-electron chi connectivity index (χ0n) is 14.2. The average Bonchev–Trinajstić information content (AvgIpc) is 3.16. The molecule has 2 aromatic carbocycles. The van der Waals surface area contributed by atoms with Crippen molar-refractivity contribution in [2.24, 2.45) is 0 Å². The highest BCUT2D eigenvalue weighted by molar-refractivity contribution is 7.98. The van der Waals surface area contributed by atoms with Crippen LogP contribution in [0.1, 0.15) is 0 Å². The fourth-order valence-corrected chi connectivity index (χ4v) is 5.98. The maximum absolute atomic E-state index is 13.1. The lowest BCUT2D eigenvalue weighted by molar-refractivity contribution is 0.384. The smallest absolute Gasteiger partial charge is 0.245 e. The number of fused-ring (bicyclic) bond motifs is 1. The zero-order chi connectivity index (χ0) is 18.1. The molecule has 0 radical (unpaired) electrons. The molecule has 1 aliphatic rings. The third-order valence-corrected chi connectivity index (χ3v) is 7.79. The van der Waals surface area contributed by atoms with E-state index in [9.17, 15) is 8.42 Å². The molecule has 9 heteroatoms. The van der Waals surface area contributed by atoms with Crippen LogP contribution in [0.4, 0.5) is 5.69 Å². The molecule has 2 heterocycles. The summed E-state index contributed by atoms with van der Waals surface area (Å²) in [7, 11) is -3.57. The van der Waals surface area contributed by atoms with Gasteiger partial charge >= 0.3 is 0 Å². The highest BCUT2D eigenvalue weighted by Gasteiger charge is 2.31. The van der Waals surface area contributed by atoms with Gasteiger partial charge in [-0.2, -0.15) is 13.1 Å². The second-order valence-electron chi connectivity index (χ2n) is 5.95. The molecule has 0 saturated carbocycles. The van der Waals surface area contributed by atoms with E-state index in [1.807, 2.05) is 12.1 Å². The molecule has 0 spiro atoms. The second kappa shape index (κ2) is 7.15. The van der Waals surface area contributed by atoms with Crippen molar-refractivity contribution < 1.29 is 8.42 Å². The summed E-state index contributed by atoms with van der Waals surface area (Å²) >= 11 is 2.75. The zero-order valence-corrected chi connectivity index (χ0v) is 16.6. The van der Waals surface area contributed by atoms with Gasteiger partial charge in [0.05, 0.1) is 17.4 Å². The molecule has 136 valence electrons. The molecule has 26 heavy (non-hydrogen) atoms. The first-order chi connectivity index (χ1) is 12.6. The molecule has 1 aliphatic heterocycles. The number of aromatic nitrogens is 2. The molecule has 0 atom stereocenters. The molecule has 0 bridgehead atoms. The number of nitrogens with zero attached hydrogens (tertiary/aromatic N) is 4. The van der Waals surface area contributed by atoms with E-state index in [0.717, 1.165) is 11.7 Å². The monoisotopic (exact) mass is 406 g/mol. The number of thioether (sulfide) groups is 1. The Bertz CT molecular complexity index is 1030. The quantitative estimate of drug-likeness (QED) is 0.621. The molecule has 1 saturated heterocycles. The van der Waals surface area contributed by atoms with Crippen LogP contribution < -0.4 is 4.90 Å². The number of hydrogen-bond acceptors (Lipinski definition) is 7. The lowest BCUT2D eigenvalue weighted by Gasteiger charge is -2.36. The molecule has 1 aromatic heterocycles. The summed E-state index contributed by atoms with van der Waals surface area (Å²) in [5, 5.41) is 0. The van der Waals surface area contributed by atoms with Gasteiger partial charge in [0.1, 0.15) is 15.9 Å². The van der Waals surface area contributed by atoms with Gasteiger partial charge in [-0.25, -0.2) is 8.42 Å². The third-order valence-electron chi connectivity index (χ3n) is 4.53. The number of rotatable bonds is 4. The van der Waals surface area contributed by atoms with Gasteiger partial charge in [0.25, 0.3) is 0 Å². The van der Waals surface area contributed by atoms with Gasteiger partial charge in [0.2, 0.25) is 10.0 Å². The Morgan fingerprint density at radius 1 is 1.00 bits per heavy atom. The van der Waals surface area contributed by atoms with Gasteiger partial charge in [0.15, 0.2) is 0 Å². The average molecular weight is 407 g/mol. The minimum Gasteiger partial charge on any atom is -0.368 e. The van der Waals surface area contributed by atoms with Gasteiger partial charge in [-0.3, -0.25) is 0 Å². The van der Waals surface area contributed by atoms with E-state index in [1.165, 1.54) is 10.6 Å². The topological polar surface area (TPSA) is 66.4 Å². The summed E-state index contributed by atoms with van der Waals surface area (Å²) < 4.78 is 36.1. The van der Waals surface area contributed by atoms with E-state index in [4.69, 9.17) is 0 Å². The standard InChI is InChI=1S/C17H18N4O2S3/c1-24-15-7-3-2-6-14(15)20-9-11-21(12-10-20)26(22,23)16-8-4-5-13-17(16)19-25-18-13/h2-8H,9-12H2,1H3. The van der Waals surface area contributed by atoms with E-state index in [-0.39, 0.29) is 4.90 Å². The first-order valence-electron chi connectivity index (χ1n) is 8.20. The highest BCUT2D eigenvalue weighted by atomic mass is 32.2. The first kappa shape index (κ1) is 17.7. The molecule has 4 rings (SSSR count). The van der Waals surface area contributed by atoms with E-state index in [1.54, 1.807) is 34.3 Å². The largest absolute Gasteiger partial charge is 0.368 e. The number of hydrogen-bond donors (Lipinski definition) is 0. The Morgan fingerprint density at radius 2 is 1.77 bits per heavy atom. The van der Waals surface area contributed by atoms with Crippen molar-refractivity contribution in [3.63, 3.8) is 0 Å². The van der Waals surface area contributed by atoms with Crippen molar-refractivity contribution in [3.05, 3.63) is 42.5 Å². The molecule has 0 N–H and O–H groups in total. The van der Waals surface area contributed by atoms with Crippen molar-refractivity contribution in [1.29, 1.82) is 0 Å². The van der Waals surface area contributed by atoms with Crippen LogP contribution in [0.25, 0.3) is 11.0 Å². The van der Waals surface area contributed by atoms with E-state index < -0.39 is 10.0 Å². The summed E-state index contributed by atoms with van der Waals surface area (Å²) in [4.78, 5) is 3.71. The maximum atomic E-state index is 13.1. The van der Waals surface area contributed by atoms with Crippen LogP contribution in [0.2, 0.25) is 0 Å². The predicted molar refractivity (Wildman–Crippen MR) is 107 cm³/mol. The molecule has 6 nitrogen and oxygen atoms in total. The Labute approximate surface area is 161 Å². The fraction of sp³-hybridized carbons (Fsp3) is 0.294. The maximum Gasteiger partial charge on any atom is 0.245 e. The molecule has 0 aliphatic carbocycles. The van der Waals surface area contributed by atoms with E-state index in [0.29, 0.717) is 37.2 Å². The van der Waals surface area contributed by atoms with Crippen LogP contribution >= 0.6 is 23.5 Å². The molecular formula is C17H18N4O2S3. The second-order valence-corrected chi connectivity index (χ2v) is 9.23. The summed E-state index contributed by atoms with van der Waals surface area (Å²) in [6.07, 6.45) is 2.06. The SMILES string of the molecule is CSc1ccccc1N1CCN(S(=O)(=O)c2cccc3nsnc23)CC1. The molecular weight excluding hydrogens is 388 g/mol. The third kappa shape index (κ3) is 3.09. The normalized spacial score (nSPS) is 16.3. The Morgan fingerprint density at radius 3 is 2.54 bits per heavy atom. The number of sulfonamides is 1. The molecule has 1 fully saturated rings. The van der Waals surface area contributed by atoms with Gasteiger partial charge < -0.3 is 4.90 Å². The number of piperazine rings is 1. The van der Waals surface area contributed by atoms with Gasteiger partial charge in [-0.15, -0.1) is 11.8 Å². The van der Waals surface area contributed by atoms with Crippen LogP contribution in [0.3, 0.4) is 0 Å². The van der Waals surface area contributed by atoms with Gasteiger partial charge in [-0.05, 0) is 30.5 Å². The van der Waals surface area contributed by atoms with Crippen molar-refractivity contribution >= 4 is 50.2 Å². The Balaban J connectivity index is 1.57. The van der Waals surface area contributed by atoms with Gasteiger partial charge in [-0.1, -0.05) is 18.2 Å². The van der Waals surface area contributed by atoms with Crippen molar-refractivity contribution in [2.45, 2.75) is 9.79 Å². The Hall–Kier alpha value is -1.68. The summed E-state index contributed by atoms with van der Waals surface area (Å²) in [5.74, 6) is 0. The van der Waals surface area contributed by atoms with Crippen molar-refractivity contribution in [3.8, 4) is 0 Å². The van der Waals surface area contributed by atoms with E-state index >= 15 is 0 Å². The highest BCUT2D eigenvalue weighted by Crippen LogP contribution is 2.30. The summed E-state index contributed by atoms with van der Waals surface area (Å²) in [6, 6.07) is 13.4. The lowest BCUT2D eigenvalue weighted by atomic mass is 10.2. The van der Waals surface area contributed by atoms with Crippen LogP contribution in [-0.4, -0.2) is 53.9 Å². The first-order valence-corrected chi connectivity index (χ1v) is 11.6. The van der Waals surface area contributed by atoms with Crippen molar-refractivity contribution in [1.82, 2.24) is 13.1 Å². The van der Waals surface area contributed by atoms with Crippen LogP contribution in [0.5, 0.6) is 0 Å². The van der Waals surface area contributed by atoms with Crippen LogP contribution in [0.15, 0.2) is 52.3 Å². The minimum absolute atomic E-state index is 0.252. The van der Waals surface area contributed by atoms with Crippen LogP contribution in [-0.2, 0) is 10.0 Å². The number of para-hydroxylation sites is 1. The molecule has 0 amide bonds. The minimum atomic E-state index is -3.57. The Kier molecular flexibility index (Phi) is 4.87. The van der Waals surface area contributed by atoms with Gasteiger partial charge in [0, 0.05) is 31.1 Å². The predicted octanol–water partition coefficient (Wildman–Crippen LogP) is 2.92. The molecule has 3 aromatic rings. The van der Waals surface area contributed by atoms with Crippen LogP contribution in [0, 0.1) is 0 Å².